The predicted octanol–water partition coefficient (Wildman–Crippen LogP) is 5.62. The molecule has 0 bridgehead atoms. The van der Waals surface area contributed by atoms with Gasteiger partial charge >= 0.3 is 0 Å². The maximum Gasteiger partial charge on any atom is 0.262 e. The second-order valence-corrected chi connectivity index (χ2v) is 8.95. The summed E-state index contributed by atoms with van der Waals surface area (Å²) in [5.41, 5.74) is 1.46. The average Bonchev–Trinajstić information content (AvgIpc) is 2.83. The zero-order valence-corrected chi connectivity index (χ0v) is 19.0. The largest absolute Gasteiger partial charge is 0.495 e. The molecule has 0 radical (unpaired) electrons. The molecule has 0 aliphatic carbocycles. The average molecular weight is 488 g/mol. The summed E-state index contributed by atoms with van der Waals surface area (Å²) in [7, 11) is -2.82. The van der Waals surface area contributed by atoms with Crippen molar-refractivity contribution in [3.05, 3.63) is 84.2 Å². The molecular formula is C24H20F3N3O3S. The first kappa shape index (κ1) is 23.4. The number of methoxy groups -OCH3 is 1. The van der Waals surface area contributed by atoms with E-state index in [0.29, 0.717) is 41.1 Å². The molecule has 0 aliphatic heterocycles. The lowest BCUT2D eigenvalue weighted by Crippen LogP contribution is -2.18. The fourth-order valence-corrected chi connectivity index (χ4v) is 4.69. The maximum absolute atomic E-state index is 13.6. The molecule has 176 valence electrons. The molecule has 0 unspecified atom stereocenters. The lowest BCUT2D eigenvalue weighted by molar-refractivity contribution is 0.415. The Kier molecular flexibility index (Phi) is 6.34. The fourth-order valence-electron chi connectivity index (χ4n) is 3.58. The van der Waals surface area contributed by atoms with Gasteiger partial charge in [0.2, 0.25) is 0 Å². The van der Waals surface area contributed by atoms with E-state index < -0.39 is 32.4 Å². The van der Waals surface area contributed by atoms with Gasteiger partial charge in [-0.3, -0.25) is 4.72 Å². The Morgan fingerprint density at radius 2 is 1.68 bits per heavy atom. The summed E-state index contributed by atoms with van der Waals surface area (Å²) in [6, 6.07) is 16.6. The van der Waals surface area contributed by atoms with E-state index in [0.717, 1.165) is 5.69 Å². The van der Waals surface area contributed by atoms with Crippen LogP contribution in [0.15, 0.2) is 71.6 Å². The molecule has 0 spiro atoms. The minimum atomic E-state index is -4.40. The number of fused-ring (bicyclic) bond motifs is 1. The van der Waals surface area contributed by atoms with Gasteiger partial charge in [0, 0.05) is 11.9 Å². The molecule has 1 heterocycles. The van der Waals surface area contributed by atoms with Crippen molar-refractivity contribution in [2.24, 2.45) is 0 Å². The third-order valence-electron chi connectivity index (χ3n) is 5.20. The topological polar surface area (TPSA) is 71.5 Å². The highest BCUT2D eigenvalue weighted by Gasteiger charge is 2.21. The SMILES string of the molecule is CCN(c1ccc2c(NS(=O)(=O)c3cc(F)c(F)c(F)c3)cccc2n1)c1ccccc1OC. The molecule has 4 rings (SSSR count). The summed E-state index contributed by atoms with van der Waals surface area (Å²) >= 11 is 0. The number of hydrogen-bond acceptors (Lipinski definition) is 5. The smallest absolute Gasteiger partial charge is 0.262 e. The summed E-state index contributed by atoms with van der Waals surface area (Å²) in [6.45, 7) is 2.55. The van der Waals surface area contributed by atoms with Gasteiger partial charge in [-0.25, -0.2) is 26.6 Å². The van der Waals surface area contributed by atoms with Crippen molar-refractivity contribution >= 4 is 38.1 Å². The summed E-state index contributed by atoms with van der Waals surface area (Å²) in [5.74, 6) is -3.65. The summed E-state index contributed by atoms with van der Waals surface area (Å²) < 4.78 is 73.6. The molecule has 34 heavy (non-hydrogen) atoms. The van der Waals surface area contributed by atoms with E-state index in [1.54, 1.807) is 31.4 Å². The fraction of sp³-hybridized carbons (Fsp3) is 0.125. The van der Waals surface area contributed by atoms with Gasteiger partial charge < -0.3 is 9.64 Å². The van der Waals surface area contributed by atoms with Gasteiger partial charge in [0.1, 0.15) is 11.6 Å². The van der Waals surface area contributed by atoms with Crippen LogP contribution in [0.25, 0.3) is 10.9 Å². The Morgan fingerprint density at radius 1 is 0.971 bits per heavy atom. The van der Waals surface area contributed by atoms with Crippen LogP contribution in [0.2, 0.25) is 0 Å². The number of sulfonamides is 1. The Labute approximate surface area is 194 Å². The zero-order chi connectivity index (χ0) is 24.5. The second-order valence-electron chi connectivity index (χ2n) is 7.26. The number of hydrogen-bond donors (Lipinski definition) is 1. The Balaban J connectivity index is 1.73. The Bertz CT molecular complexity index is 1460. The highest BCUT2D eigenvalue weighted by atomic mass is 32.2. The lowest BCUT2D eigenvalue weighted by atomic mass is 10.2. The van der Waals surface area contributed by atoms with Crippen LogP contribution in [-0.2, 0) is 10.0 Å². The van der Waals surface area contributed by atoms with Crippen LogP contribution in [0.5, 0.6) is 5.75 Å². The van der Waals surface area contributed by atoms with E-state index in [2.05, 4.69) is 9.71 Å². The van der Waals surface area contributed by atoms with Crippen LogP contribution in [-0.4, -0.2) is 27.1 Å². The first-order chi connectivity index (χ1) is 16.2. The first-order valence-corrected chi connectivity index (χ1v) is 11.7. The second kappa shape index (κ2) is 9.22. The number of benzene rings is 3. The third kappa shape index (κ3) is 4.36. The van der Waals surface area contributed by atoms with E-state index in [9.17, 15) is 21.6 Å². The number of anilines is 3. The van der Waals surface area contributed by atoms with Gasteiger partial charge in [-0.05, 0) is 55.5 Å². The van der Waals surface area contributed by atoms with Crippen LogP contribution in [0.3, 0.4) is 0 Å². The van der Waals surface area contributed by atoms with Crippen molar-refractivity contribution in [3.63, 3.8) is 0 Å². The number of para-hydroxylation sites is 2. The number of halogens is 3. The van der Waals surface area contributed by atoms with Crippen molar-refractivity contribution in [3.8, 4) is 5.75 Å². The van der Waals surface area contributed by atoms with Gasteiger partial charge in [-0.15, -0.1) is 0 Å². The number of rotatable bonds is 7. The lowest BCUT2D eigenvalue weighted by Gasteiger charge is -2.24. The normalized spacial score (nSPS) is 11.4. The highest BCUT2D eigenvalue weighted by Crippen LogP contribution is 2.34. The summed E-state index contributed by atoms with van der Waals surface area (Å²) in [4.78, 5) is 5.87. The molecule has 0 saturated carbocycles. The summed E-state index contributed by atoms with van der Waals surface area (Å²) in [6.07, 6.45) is 0. The number of nitrogens with zero attached hydrogens (tertiary/aromatic N) is 2. The van der Waals surface area contributed by atoms with Crippen LogP contribution in [0, 0.1) is 17.5 Å². The van der Waals surface area contributed by atoms with Gasteiger partial charge in [0.15, 0.2) is 17.5 Å². The van der Waals surface area contributed by atoms with E-state index in [-0.39, 0.29) is 5.69 Å². The molecule has 0 amide bonds. The van der Waals surface area contributed by atoms with E-state index >= 15 is 0 Å². The van der Waals surface area contributed by atoms with Crippen LogP contribution in [0.1, 0.15) is 6.92 Å². The monoisotopic (exact) mass is 487 g/mol. The summed E-state index contributed by atoms with van der Waals surface area (Å²) in [5, 5.41) is 0.467. The van der Waals surface area contributed by atoms with E-state index in [1.165, 1.54) is 6.07 Å². The zero-order valence-electron chi connectivity index (χ0n) is 18.2. The van der Waals surface area contributed by atoms with Crippen molar-refractivity contribution in [2.45, 2.75) is 11.8 Å². The quantitative estimate of drug-likeness (QED) is 0.343. The van der Waals surface area contributed by atoms with Crippen molar-refractivity contribution < 1.29 is 26.3 Å². The third-order valence-corrected chi connectivity index (χ3v) is 6.54. The minimum absolute atomic E-state index is 0.155. The van der Waals surface area contributed by atoms with E-state index in [1.807, 2.05) is 36.1 Å². The predicted molar refractivity (Wildman–Crippen MR) is 125 cm³/mol. The number of nitrogens with one attached hydrogen (secondary N) is 1. The molecule has 0 atom stereocenters. The molecule has 4 aromatic rings. The van der Waals surface area contributed by atoms with Crippen LogP contribution < -0.4 is 14.4 Å². The number of pyridine rings is 1. The Hall–Kier alpha value is -3.79. The van der Waals surface area contributed by atoms with Gasteiger partial charge in [0.25, 0.3) is 10.0 Å². The van der Waals surface area contributed by atoms with Gasteiger partial charge in [0.05, 0.1) is 28.9 Å². The van der Waals surface area contributed by atoms with Crippen molar-refractivity contribution in [1.29, 1.82) is 0 Å². The molecule has 0 aliphatic rings. The number of ether oxygens (including phenoxy) is 1. The van der Waals surface area contributed by atoms with Crippen molar-refractivity contribution in [1.82, 2.24) is 4.98 Å². The minimum Gasteiger partial charge on any atom is -0.495 e. The standard InChI is InChI=1S/C24H20F3N3O3S/c1-3-30(21-9-4-5-10-22(21)33-2)23-12-11-16-19(28-23)7-6-8-20(16)29-34(31,32)15-13-17(25)24(27)18(26)14-15/h4-14,29H,3H2,1-2H3. The highest BCUT2D eigenvalue weighted by molar-refractivity contribution is 7.92. The maximum atomic E-state index is 13.6. The Morgan fingerprint density at radius 3 is 2.35 bits per heavy atom. The molecule has 10 heteroatoms. The molecule has 3 aromatic carbocycles. The molecule has 6 nitrogen and oxygen atoms in total. The van der Waals surface area contributed by atoms with E-state index in [4.69, 9.17) is 4.74 Å². The first-order valence-electron chi connectivity index (χ1n) is 10.2. The van der Waals surface area contributed by atoms with Crippen LogP contribution in [0.4, 0.5) is 30.4 Å². The van der Waals surface area contributed by atoms with Gasteiger partial charge in [-0.2, -0.15) is 0 Å². The van der Waals surface area contributed by atoms with Gasteiger partial charge in [-0.1, -0.05) is 18.2 Å². The van der Waals surface area contributed by atoms with Crippen LogP contribution >= 0.6 is 0 Å². The molecular weight excluding hydrogens is 467 g/mol. The van der Waals surface area contributed by atoms with Crippen molar-refractivity contribution in [2.75, 3.05) is 23.3 Å². The molecule has 0 saturated heterocycles. The number of aromatic nitrogens is 1. The molecule has 1 N–H and O–H groups in total. The molecule has 0 fully saturated rings. The molecule has 1 aromatic heterocycles.